The number of hydrogen-bond donors (Lipinski definition) is 7. The minimum Gasteiger partial charge on any atom is -0.479 e. The lowest BCUT2D eigenvalue weighted by Gasteiger charge is -2.39. The van der Waals surface area contributed by atoms with Crippen LogP contribution in [-0.4, -0.2) is 98.1 Å². The lowest BCUT2D eigenvalue weighted by atomic mass is 9.99. The number of hydrogen-bond acceptors (Lipinski definition) is 9. The van der Waals surface area contributed by atoms with Crippen molar-refractivity contribution in [1.82, 2.24) is 5.32 Å². The van der Waals surface area contributed by atoms with E-state index in [0.717, 1.165) is 6.42 Å². The van der Waals surface area contributed by atoms with Crippen molar-refractivity contribution in [2.45, 2.75) is 94.9 Å². The normalized spacial score (nSPS) is 30.4. The number of carbonyl (C=O) groups is 2. The van der Waals surface area contributed by atoms with Gasteiger partial charge in [-0.1, -0.05) is 33.1 Å². The molecule has 1 aliphatic rings. The number of nitrogens with one attached hydrogen (secondary N) is 1. The van der Waals surface area contributed by atoms with Crippen molar-refractivity contribution in [1.29, 1.82) is 0 Å². The van der Waals surface area contributed by atoms with E-state index in [0.29, 0.717) is 19.3 Å². The summed E-state index contributed by atoms with van der Waals surface area (Å²) in [5.74, 6) is -2.24. The molecule has 0 aromatic heterocycles. The Balaban J connectivity index is 2.81. The standard InChI is InChI=1S/C18H33NO10/c1-3-5-7-10(20)9(19-16(25)11(21)6-4-2)8-28-18-14(24)12(22)13(23)15(29-18)17(26)27/h9-15,18,20-24H,3-8H2,1-2H3,(H,19,25)(H,26,27)/t9-,10+,11-,12?,13?,14?,15?,18?/m0/s1. The Hall–Kier alpha value is -1.34. The van der Waals surface area contributed by atoms with E-state index in [-0.39, 0.29) is 13.0 Å². The Bertz CT molecular complexity index is 519. The zero-order valence-corrected chi connectivity index (χ0v) is 16.7. The van der Waals surface area contributed by atoms with E-state index in [1.54, 1.807) is 6.92 Å². The van der Waals surface area contributed by atoms with E-state index >= 15 is 0 Å². The minimum atomic E-state index is -1.85. The zero-order valence-electron chi connectivity index (χ0n) is 16.7. The fourth-order valence-corrected chi connectivity index (χ4v) is 2.94. The highest BCUT2D eigenvalue weighted by atomic mass is 16.7. The van der Waals surface area contributed by atoms with Crippen LogP contribution in [-0.2, 0) is 19.1 Å². The molecule has 11 nitrogen and oxygen atoms in total. The summed E-state index contributed by atoms with van der Waals surface area (Å²) in [4.78, 5) is 23.3. The van der Waals surface area contributed by atoms with Crippen LogP contribution in [0, 0.1) is 0 Å². The van der Waals surface area contributed by atoms with Gasteiger partial charge in [0.15, 0.2) is 12.4 Å². The van der Waals surface area contributed by atoms with Gasteiger partial charge in [0, 0.05) is 0 Å². The highest BCUT2D eigenvalue weighted by Gasteiger charge is 2.47. The largest absolute Gasteiger partial charge is 0.479 e. The van der Waals surface area contributed by atoms with E-state index in [9.17, 15) is 35.1 Å². The van der Waals surface area contributed by atoms with Gasteiger partial charge >= 0.3 is 5.97 Å². The molecule has 0 spiro atoms. The predicted molar refractivity (Wildman–Crippen MR) is 98.6 cm³/mol. The van der Waals surface area contributed by atoms with Gasteiger partial charge in [0.1, 0.15) is 24.4 Å². The number of carboxylic acid groups (broad SMARTS) is 1. The molecule has 11 heteroatoms. The zero-order chi connectivity index (χ0) is 22.1. The molecule has 5 unspecified atom stereocenters. The Morgan fingerprint density at radius 3 is 2.24 bits per heavy atom. The lowest BCUT2D eigenvalue weighted by molar-refractivity contribution is -0.295. The molecule has 8 atom stereocenters. The number of ether oxygens (including phenoxy) is 2. The highest BCUT2D eigenvalue weighted by molar-refractivity contribution is 5.80. The van der Waals surface area contributed by atoms with Gasteiger partial charge in [-0.05, 0) is 12.8 Å². The van der Waals surface area contributed by atoms with Crippen LogP contribution in [0.15, 0.2) is 0 Å². The van der Waals surface area contributed by atoms with E-state index in [1.165, 1.54) is 0 Å². The third-order valence-electron chi connectivity index (χ3n) is 4.76. The van der Waals surface area contributed by atoms with Crippen molar-refractivity contribution in [2.24, 2.45) is 0 Å². The lowest BCUT2D eigenvalue weighted by Crippen LogP contribution is -2.61. The van der Waals surface area contributed by atoms with Gasteiger partial charge in [0.2, 0.25) is 5.91 Å². The van der Waals surface area contributed by atoms with Crippen LogP contribution in [0.5, 0.6) is 0 Å². The molecule has 1 saturated heterocycles. The molecule has 0 saturated carbocycles. The first-order valence-corrected chi connectivity index (χ1v) is 9.84. The van der Waals surface area contributed by atoms with E-state index in [1.807, 2.05) is 6.92 Å². The monoisotopic (exact) mass is 423 g/mol. The molecule has 1 amide bonds. The second kappa shape index (κ2) is 12.4. The number of aliphatic hydroxyl groups is 5. The third kappa shape index (κ3) is 7.45. The number of carbonyl (C=O) groups excluding carboxylic acids is 1. The van der Waals surface area contributed by atoms with Gasteiger partial charge in [0.05, 0.1) is 18.8 Å². The van der Waals surface area contributed by atoms with Gasteiger partial charge in [-0.2, -0.15) is 0 Å². The molecule has 0 radical (unpaired) electrons. The maximum Gasteiger partial charge on any atom is 0.335 e. The summed E-state index contributed by atoms with van der Waals surface area (Å²) < 4.78 is 10.4. The van der Waals surface area contributed by atoms with Crippen LogP contribution in [0.4, 0.5) is 0 Å². The van der Waals surface area contributed by atoms with Gasteiger partial charge < -0.3 is 45.4 Å². The molecule has 1 rings (SSSR count). The molecule has 0 aromatic carbocycles. The van der Waals surface area contributed by atoms with Crippen LogP contribution in [0.25, 0.3) is 0 Å². The molecule has 0 bridgehead atoms. The first-order chi connectivity index (χ1) is 13.6. The molecule has 1 fully saturated rings. The number of carboxylic acids is 1. The molecule has 0 aliphatic carbocycles. The maximum absolute atomic E-state index is 12.1. The van der Waals surface area contributed by atoms with Gasteiger partial charge in [-0.15, -0.1) is 0 Å². The van der Waals surface area contributed by atoms with Crippen molar-refractivity contribution in [3.8, 4) is 0 Å². The number of unbranched alkanes of at least 4 members (excludes halogenated alkanes) is 1. The quantitative estimate of drug-likeness (QED) is 0.187. The Morgan fingerprint density at radius 1 is 1.03 bits per heavy atom. The first kappa shape index (κ1) is 25.7. The molecule has 1 aliphatic heterocycles. The fourth-order valence-electron chi connectivity index (χ4n) is 2.94. The molecule has 0 aromatic rings. The summed E-state index contributed by atoms with van der Waals surface area (Å²) in [7, 11) is 0. The average molecular weight is 423 g/mol. The highest BCUT2D eigenvalue weighted by Crippen LogP contribution is 2.23. The molecular formula is C18H33NO10. The Morgan fingerprint density at radius 2 is 1.69 bits per heavy atom. The summed E-state index contributed by atoms with van der Waals surface area (Å²) in [5, 5.41) is 61.3. The van der Waals surface area contributed by atoms with E-state index in [2.05, 4.69) is 5.32 Å². The fraction of sp³-hybridized carbons (Fsp3) is 0.889. The van der Waals surface area contributed by atoms with E-state index < -0.39 is 60.8 Å². The summed E-state index contributed by atoms with van der Waals surface area (Å²) in [6.45, 7) is 3.34. The van der Waals surface area contributed by atoms with Crippen molar-refractivity contribution >= 4 is 11.9 Å². The van der Waals surface area contributed by atoms with Crippen LogP contribution in [0.3, 0.4) is 0 Å². The predicted octanol–water partition coefficient (Wildman–Crippen LogP) is -1.91. The van der Waals surface area contributed by atoms with Gasteiger partial charge in [0.25, 0.3) is 0 Å². The third-order valence-corrected chi connectivity index (χ3v) is 4.76. The molecule has 170 valence electrons. The minimum absolute atomic E-state index is 0.235. The van der Waals surface area contributed by atoms with Crippen molar-refractivity contribution in [2.75, 3.05) is 6.61 Å². The van der Waals surface area contributed by atoms with Crippen LogP contribution in [0.1, 0.15) is 46.0 Å². The average Bonchev–Trinajstić information content (AvgIpc) is 2.68. The van der Waals surface area contributed by atoms with E-state index in [4.69, 9.17) is 14.6 Å². The molecular weight excluding hydrogens is 390 g/mol. The Labute approximate surface area is 169 Å². The van der Waals surface area contributed by atoms with Crippen LogP contribution in [0.2, 0.25) is 0 Å². The first-order valence-electron chi connectivity index (χ1n) is 9.84. The number of rotatable bonds is 12. The summed E-state index contributed by atoms with van der Waals surface area (Å²) in [6, 6.07) is -0.969. The number of amides is 1. The molecule has 29 heavy (non-hydrogen) atoms. The number of aliphatic carboxylic acids is 1. The van der Waals surface area contributed by atoms with Crippen molar-refractivity contribution in [3.63, 3.8) is 0 Å². The second-order valence-corrected chi connectivity index (χ2v) is 7.20. The van der Waals surface area contributed by atoms with Crippen LogP contribution < -0.4 is 5.32 Å². The summed E-state index contributed by atoms with van der Waals surface area (Å²) >= 11 is 0. The summed E-state index contributed by atoms with van der Waals surface area (Å²) in [5.41, 5.74) is 0. The molecule has 7 N–H and O–H groups in total. The van der Waals surface area contributed by atoms with Crippen molar-refractivity contribution in [3.05, 3.63) is 0 Å². The van der Waals surface area contributed by atoms with Crippen molar-refractivity contribution < 1.29 is 49.7 Å². The maximum atomic E-state index is 12.1. The molecule has 1 heterocycles. The topological polar surface area (TPSA) is 186 Å². The number of aliphatic hydroxyl groups excluding tert-OH is 5. The Kier molecular flexibility index (Phi) is 11.0. The smallest absolute Gasteiger partial charge is 0.335 e. The van der Waals surface area contributed by atoms with Gasteiger partial charge in [-0.3, -0.25) is 4.79 Å². The summed E-state index contributed by atoms with van der Waals surface area (Å²) in [6.07, 6.45) is -8.51. The second-order valence-electron chi connectivity index (χ2n) is 7.20. The van der Waals surface area contributed by atoms with Gasteiger partial charge in [-0.25, -0.2) is 4.79 Å². The SMILES string of the molecule is CCCC[C@@H](O)[C@H](COC1OC(C(=O)O)C(O)C(O)C1O)NC(=O)[C@@H](O)CCC. The van der Waals surface area contributed by atoms with Crippen LogP contribution >= 0.6 is 0 Å².